The van der Waals surface area contributed by atoms with Crippen LogP contribution in [0.25, 0.3) is 0 Å². The van der Waals surface area contributed by atoms with Crippen LogP contribution >= 0.6 is 0 Å². The van der Waals surface area contributed by atoms with E-state index in [4.69, 9.17) is 7.98 Å². The minimum atomic E-state index is -3.00. The molecule has 0 aliphatic rings. The molecule has 0 aromatic carbocycles. The summed E-state index contributed by atoms with van der Waals surface area (Å²) in [7, 11) is 4.79. The van der Waals surface area contributed by atoms with Gasteiger partial charge in [0.2, 0.25) is 0 Å². The Hall–Kier alpha value is -0.965. The highest BCUT2D eigenvalue weighted by Gasteiger charge is 2.31. The number of nitrogens with one attached hydrogen (secondary N) is 1. The van der Waals surface area contributed by atoms with E-state index in [0.29, 0.717) is 0 Å². The van der Waals surface area contributed by atoms with Gasteiger partial charge in [-0.3, -0.25) is 4.98 Å². The molecule has 0 aliphatic carbocycles. The molecule has 0 saturated carbocycles. The minimum absolute atomic E-state index is 0.275. The molecule has 0 bridgehead atoms. The Morgan fingerprint density at radius 1 is 1.50 bits per heavy atom. The predicted molar refractivity (Wildman–Crippen MR) is 41.9 cm³/mol. The lowest BCUT2D eigenvalue weighted by Gasteiger charge is -2.14. The smallest absolute Gasteiger partial charge is 0.300 e. The summed E-state index contributed by atoms with van der Waals surface area (Å²) < 4.78 is 25.9. The Morgan fingerprint density at radius 3 is 2.75 bits per heavy atom. The van der Waals surface area contributed by atoms with Crippen molar-refractivity contribution in [3.63, 3.8) is 0 Å². The maximum Gasteiger partial charge on any atom is 0.300 e. The van der Waals surface area contributed by atoms with Crippen LogP contribution in [0.5, 0.6) is 0 Å². The van der Waals surface area contributed by atoms with Gasteiger partial charge in [-0.1, -0.05) is 6.07 Å². The van der Waals surface area contributed by atoms with Gasteiger partial charge in [0.15, 0.2) is 7.98 Å². The van der Waals surface area contributed by atoms with E-state index < -0.39 is 12.5 Å². The predicted octanol–water partition coefficient (Wildman–Crippen LogP) is 0.846. The van der Waals surface area contributed by atoms with Gasteiger partial charge in [-0.15, -0.1) is 0 Å². The van der Waals surface area contributed by atoms with Gasteiger partial charge in [-0.05, 0) is 12.1 Å². The van der Waals surface area contributed by atoms with Gasteiger partial charge < -0.3 is 5.23 Å². The van der Waals surface area contributed by atoms with Crippen molar-refractivity contribution in [1.29, 1.82) is 0 Å². The van der Waals surface area contributed by atoms with Crippen molar-refractivity contribution in [1.82, 2.24) is 10.2 Å². The molecule has 0 atom stereocenters. The fourth-order valence-corrected chi connectivity index (χ4v) is 0.798. The largest absolute Gasteiger partial charge is 0.361 e. The SMILES string of the molecule is [B]NCC(F)(F)c1ccccn1. The number of aromatic nitrogens is 1. The number of pyridine rings is 1. The Kier molecular flexibility index (Phi) is 2.76. The number of rotatable bonds is 3. The Balaban J connectivity index is 2.82. The number of halogens is 2. The van der Waals surface area contributed by atoms with Crippen molar-refractivity contribution in [2.24, 2.45) is 0 Å². The lowest BCUT2D eigenvalue weighted by Crippen LogP contribution is -2.29. The van der Waals surface area contributed by atoms with E-state index in [-0.39, 0.29) is 5.69 Å². The number of alkyl halides is 2. The summed E-state index contributed by atoms with van der Waals surface area (Å²) in [5, 5.41) is 1.92. The zero-order chi connectivity index (χ0) is 9.03. The lowest BCUT2D eigenvalue weighted by molar-refractivity contribution is -0.00230. The number of nitrogens with zero attached hydrogens (tertiary/aromatic N) is 1. The maximum absolute atomic E-state index is 13.0. The summed E-state index contributed by atoms with van der Waals surface area (Å²) in [6, 6.07) is 4.35. The minimum Gasteiger partial charge on any atom is -0.361 e. The molecule has 1 heterocycles. The molecule has 2 nitrogen and oxygen atoms in total. The summed E-state index contributed by atoms with van der Waals surface area (Å²) in [5.74, 6) is -3.00. The Labute approximate surface area is 70.4 Å². The van der Waals surface area contributed by atoms with Crippen molar-refractivity contribution in [2.75, 3.05) is 6.54 Å². The highest BCUT2D eigenvalue weighted by atomic mass is 19.3. The standard InChI is InChI=1S/C7H7BF2N2/c8-12-5-7(9,10)6-3-1-2-4-11-6/h1-4,12H,5H2. The molecule has 0 spiro atoms. The molecule has 1 N–H and O–H groups in total. The second kappa shape index (κ2) is 3.62. The molecule has 1 aromatic heterocycles. The van der Waals surface area contributed by atoms with Gasteiger partial charge >= 0.3 is 5.92 Å². The third-order valence-electron chi connectivity index (χ3n) is 1.36. The van der Waals surface area contributed by atoms with Crippen LogP contribution < -0.4 is 5.23 Å². The monoisotopic (exact) mass is 168 g/mol. The van der Waals surface area contributed by atoms with Gasteiger partial charge in [0.25, 0.3) is 0 Å². The zero-order valence-corrected chi connectivity index (χ0v) is 6.30. The maximum atomic E-state index is 13.0. The molecular formula is C7H7BF2N2. The summed E-state index contributed by atoms with van der Waals surface area (Å²) >= 11 is 0. The van der Waals surface area contributed by atoms with Crippen LogP contribution in [-0.2, 0) is 5.92 Å². The van der Waals surface area contributed by atoms with Crippen LogP contribution in [0.1, 0.15) is 5.69 Å². The third-order valence-corrected chi connectivity index (χ3v) is 1.36. The average Bonchev–Trinajstić information content (AvgIpc) is 2.06. The second-order valence-electron chi connectivity index (χ2n) is 2.30. The van der Waals surface area contributed by atoms with Crippen molar-refractivity contribution < 1.29 is 8.78 Å². The van der Waals surface area contributed by atoms with Crippen LogP contribution in [0.3, 0.4) is 0 Å². The molecule has 2 radical (unpaired) electrons. The van der Waals surface area contributed by atoms with Crippen LogP contribution in [0.2, 0.25) is 0 Å². The first kappa shape index (κ1) is 9.13. The topological polar surface area (TPSA) is 24.9 Å². The van der Waals surface area contributed by atoms with Crippen LogP contribution in [0.15, 0.2) is 24.4 Å². The molecular weight excluding hydrogens is 161 g/mol. The summed E-state index contributed by atoms with van der Waals surface area (Å²) in [5.41, 5.74) is -0.275. The third kappa shape index (κ3) is 2.01. The van der Waals surface area contributed by atoms with E-state index >= 15 is 0 Å². The van der Waals surface area contributed by atoms with Crippen molar-refractivity contribution >= 4 is 7.98 Å². The second-order valence-corrected chi connectivity index (χ2v) is 2.30. The molecule has 62 valence electrons. The lowest BCUT2D eigenvalue weighted by atomic mass is 10.2. The highest BCUT2D eigenvalue weighted by Crippen LogP contribution is 2.24. The van der Waals surface area contributed by atoms with E-state index in [1.54, 1.807) is 6.07 Å². The van der Waals surface area contributed by atoms with E-state index in [1.807, 2.05) is 5.23 Å². The average molecular weight is 168 g/mol. The number of hydrogen-bond acceptors (Lipinski definition) is 2. The van der Waals surface area contributed by atoms with Gasteiger partial charge in [0, 0.05) is 6.20 Å². The molecule has 0 fully saturated rings. The summed E-state index contributed by atoms with van der Waals surface area (Å²) in [6.45, 7) is -0.607. The quantitative estimate of drug-likeness (QED) is 0.676. The first-order valence-electron chi connectivity index (χ1n) is 3.39. The van der Waals surface area contributed by atoms with E-state index in [2.05, 4.69) is 4.98 Å². The molecule has 12 heavy (non-hydrogen) atoms. The van der Waals surface area contributed by atoms with Gasteiger partial charge in [-0.25, -0.2) is 0 Å². The van der Waals surface area contributed by atoms with Gasteiger partial charge in [-0.2, -0.15) is 8.78 Å². The first-order chi connectivity index (χ1) is 5.67. The normalized spacial score (nSPS) is 11.5. The Bertz CT molecular complexity index is 240. The van der Waals surface area contributed by atoms with Crippen LogP contribution in [0, 0.1) is 0 Å². The van der Waals surface area contributed by atoms with Crippen LogP contribution in [0.4, 0.5) is 8.78 Å². The van der Waals surface area contributed by atoms with Crippen molar-refractivity contribution in [3.05, 3.63) is 30.1 Å². The fourth-order valence-electron chi connectivity index (χ4n) is 0.798. The molecule has 1 aromatic rings. The first-order valence-corrected chi connectivity index (χ1v) is 3.39. The van der Waals surface area contributed by atoms with Crippen LogP contribution in [-0.4, -0.2) is 19.5 Å². The number of hydrogen-bond donors (Lipinski definition) is 1. The molecule has 5 heteroatoms. The van der Waals surface area contributed by atoms with E-state index in [0.717, 1.165) is 0 Å². The summed E-state index contributed by atoms with van der Waals surface area (Å²) in [6.07, 6.45) is 1.32. The van der Waals surface area contributed by atoms with E-state index in [1.165, 1.54) is 18.3 Å². The molecule has 0 amide bonds. The van der Waals surface area contributed by atoms with Crippen molar-refractivity contribution in [2.45, 2.75) is 5.92 Å². The summed E-state index contributed by atoms with van der Waals surface area (Å²) in [4.78, 5) is 3.52. The highest BCUT2D eigenvalue weighted by molar-refractivity contribution is 6.04. The van der Waals surface area contributed by atoms with Crippen molar-refractivity contribution in [3.8, 4) is 0 Å². The van der Waals surface area contributed by atoms with Gasteiger partial charge in [0.1, 0.15) is 5.69 Å². The van der Waals surface area contributed by atoms with Gasteiger partial charge in [0.05, 0.1) is 6.54 Å². The molecule has 1 rings (SSSR count). The zero-order valence-electron chi connectivity index (χ0n) is 6.30. The fraction of sp³-hybridized carbons (Fsp3) is 0.286. The molecule has 0 aliphatic heterocycles. The molecule has 0 saturated heterocycles. The Morgan fingerprint density at radius 2 is 2.25 bits per heavy atom. The molecule has 0 unspecified atom stereocenters. The van der Waals surface area contributed by atoms with E-state index in [9.17, 15) is 8.78 Å².